The van der Waals surface area contributed by atoms with Crippen LogP contribution in [0.1, 0.15) is 19.8 Å². The molecule has 0 aromatic heterocycles. The number of rotatable bonds is 7. The van der Waals surface area contributed by atoms with Crippen LogP contribution < -0.4 is 5.32 Å². The van der Waals surface area contributed by atoms with Crippen molar-refractivity contribution in [3.05, 3.63) is 0 Å². The van der Waals surface area contributed by atoms with Gasteiger partial charge >= 0.3 is 5.97 Å². The lowest BCUT2D eigenvalue weighted by atomic mass is 10.5. The molecule has 0 aromatic rings. The van der Waals surface area contributed by atoms with E-state index in [0.717, 1.165) is 19.1 Å². The largest absolute Gasteiger partial charge is 0.465 e. The fourth-order valence-electron chi connectivity index (χ4n) is 1.36. The molecule has 0 aromatic carbocycles. The van der Waals surface area contributed by atoms with Crippen molar-refractivity contribution in [2.75, 3.05) is 33.3 Å². The van der Waals surface area contributed by atoms with Gasteiger partial charge in [0.1, 0.15) is 0 Å². The molecule has 0 saturated heterocycles. The number of likely N-dealkylation sites (N-methyl/N-ethyl adjacent to an activating group) is 1. The topological polar surface area (TPSA) is 41.6 Å². The van der Waals surface area contributed by atoms with Gasteiger partial charge < -0.3 is 15.0 Å². The van der Waals surface area contributed by atoms with Crippen molar-refractivity contribution in [1.29, 1.82) is 0 Å². The molecule has 14 heavy (non-hydrogen) atoms. The zero-order chi connectivity index (χ0) is 10.4. The molecule has 1 aliphatic rings. The molecule has 0 radical (unpaired) electrons. The van der Waals surface area contributed by atoms with Gasteiger partial charge in [0.05, 0.1) is 13.2 Å². The van der Waals surface area contributed by atoms with Gasteiger partial charge in [0.2, 0.25) is 0 Å². The number of esters is 1. The Hall–Kier alpha value is -0.610. The predicted octanol–water partition coefficient (Wildman–Crippen LogP) is 0.233. The van der Waals surface area contributed by atoms with Gasteiger partial charge in [-0.25, -0.2) is 0 Å². The number of hydrogen-bond donors (Lipinski definition) is 1. The summed E-state index contributed by atoms with van der Waals surface area (Å²) in [5.74, 6) is -0.165. The summed E-state index contributed by atoms with van der Waals surface area (Å²) in [4.78, 5) is 13.3. The Bertz CT molecular complexity index is 181. The second-order valence-corrected chi connectivity index (χ2v) is 3.69. The van der Waals surface area contributed by atoms with Crippen molar-refractivity contribution in [3.8, 4) is 0 Å². The van der Waals surface area contributed by atoms with Crippen LogP contribution in [-0.2, 0) is 9.53 Å². The lowest BCUT2D eigenvalue weighted by molar-refractivity contribution is -0.141. The Morgan fingerprint density at radius 2 is 2.29 bits per heavy atom. The summed E-state index contributed by atoms with van der Waals surface area (Å²) >= 11 is 0. The number of nitrogens with one attached hydrogen (secondary N) is 1. The van der Waals surface area contributed by atoms with Crippen molar-refractivity contribution < 1.29 is 9.53 Å². The maximum Gasteiger partial charge on any atom is 0.319 e. The normalized spacial score (nSPS) is 15.9. The number of nitrogens with zero attached hydrogens (tertiary/aromatic N) is 1. The molecule has 0 bridgehead atoms. The fourth-order valence-corrected chi connectivity index (χ4v) is 1.36. The van der Waals surface area contributed by atoms with Crippen LogP contribution >= 0.6 is 0 Å². The summed E-state index contributed by atoms with van der Waals surface area (Å²) < 4.78 is 4.79. The molecular formula is C10H20N2O2. The van der Waals surface area contributed by atoms with Crippen LogP contribution in [0.25, 0.3) is 0 Å². The number of hydrogen-bond acceptors (Lipinski definition) is 4. The van der Waals surface area contributed by atoms with E-state index in [1.807, 2.05) is 6.92 Å². The molecule has 0 unspecified atom stereocenters. The molecule has 1 N–H and O–H groups in total. The average molecular weight is 200 g/mol. The first-order valence-corrected chi connectivity index (χ1v) is 5.30. The summed E-state index contributed by atoms with van der Waals surface area (Å²) in [6.45, 7) is 4.46. The molecule has 4 heteroatoms. The van der Waals surface area contributed by atoms with Crippen LogP contribution in [0.3, 0.4) is 0 Å². The Morgan fingerprint density at radius 3 is 2.86 bits per heavy atom. The van der Waals surface area contributed by atoms with Crippen molar-refractivity contribution in [2.24, 2.45) is 0 Å². The highest BCUT2D eigenvalue weighted by Crippen LogP contribution is 2.24. The molecule has 0 heterocycles. The maximum absolute atomic E-state index is 10.9. The summed E-state index contributed by atoms with van der Waals surface area (Å²) in [6, 6.07) is 0.791. The third-order valence-corrected chi connectivity index (χ3v) is 2.39. The van der Waals surface area contributed by atoms with Gasteiger partial charge in [-0.15, -0.1) is 0 Å². The lowest BCUT2D eigenvalue weighted by Gasteiger charge is -2.15. The Balaban J connectivity index is 1.90. The molecule has 0 amide bonds. The number of carbonyl (C=O) groups excluding carboxylic acids is 1. The van der Waals surface area contributed by atoms with Crippen LogP contribution in [0.5, 0.6) is 0 Å². The minimum absolute atomic E-state index is 0.165. The third-order valence-electron chi connectivity index (χ3n) is 2.39. The SMILES string of the molecule is CCOC(=O)CNCCN(C)C1CC1. The summed E-state index contributed by atoms with van der Waals surface area (Å²) in [5.41, 5.74) is 0. The molecule has 1 fully saturated rings. The summed E-state index contributed by atoms with van der Waals surface area (Å²) in [6.07, 6.45) is 2.66. The smallest absolute Gasteiger partial charge is 0.319 e. The van der Waals surface area contributed by atoms with Gasteiger partial charge in [-0.1, -0.05) is 0 Å². The minimum atomic E-state index is -0.165. The van der Waals surface area contributed by atoms with E-state index in [1.165, 1.54) is 12.8 Å². The van der Waals surface area contributed by atoms with Gasteiger partial charge in [-0.2, -0.15) is 0 Å². The lowest BCUT2D eigenvalue weighted by Crippen LogP contribution is -2.33. The Kier molecular flexibility index (Phi) is 4.90. The molecule has 0 spiro atoms. The van der Waals surface area contributed by atoms with Gasteiger partial charge in [0, 0.05) is 19.1 Å². The van der Waals surface area contributed by atoms with Gasteiger partial charge in [-0.3, -0.25) is 4.79 Å². The molecule has 0 aliphatic heterocycles. The number of ether oxygens (including phenoxy) is 1. The standard InChI is InChI=1S/C10H20N2O2/c1-3-14-10(13)8-11-6-7-12(2)9-4-5-9/h9,11H,3-8H2,1-2H3. The molecule has 0 atom stereocenters. The highest BCUT2D eigenvalue weighted by Gasteiger charge is 2.25. The summed E-state index contributed by atoms with van der Waals surface area (Å²) in [5, 5.41) is 3.07. The quantitative estimate of drug-likeness (QED) is 0.472. The second-order valence-electron chi connectivity index (χ2n) is 3.69. The van der Waals surface area contributed by atoms with Crippen LogP contribution in [0.15, 0.2) is 0 Å². The van der Waals surface area contributed by atoms with Crippen LogP contribution in [-0.4, -0.2) is 50.2 Å². The molecule has 1 aliphatic carbocycles. The number of carbonyl (C=O) groups is 1. The molecule has 82 valence electrons. The monoisotopic (exact) mass is 200 g/mol. The molecule has 1 saturated carbocycles. The second kappa shape index (κ2) is 5.98. The van der Waals surface area contributed by atoms with Gasteiger partial charge in [0.15, 0.2) is 0 Å². The maximum atomic E-state index is 10.9. The molecule has 4 nitrogen and oxygen atoms in total. The average Bonchev–Trinajstić information content (AvgIpc) is 2.95. The first kappa shape index (κ1) is 11.5. The fraction of sp³-hybridized carbons (Fsp3) is 0.900. The first-order valence-electron chi connectivity index (χ1n) is 5.30. The predicted molar refractivity (Wildman–Crippen MR) is 55.2 cm³/mol. The van der Waals surface area contributed by atoms with E-state index in [2.05, 4.69) is 17.3 Å². The van der Waals surface area contributed by atoms with E-state index < -0.39 is 0 Å². The highest BCUT2D eigenvalue weighted by atomic mass is 16.5. The van der Waals surface area contributed by atoms with Crippen molar-refractivity contribution in [2.45, 2.75) is 25.8 Å². The zero-order valence-corrected chi connectivity index (χ0v) is 9.08. The molecule has 1 rings (SSSR count). The van der Waals surface area contributed by atoms with E-state index in [1.54, 1.807) is 0 Å². The van der Waals surface area contributed by atoms with Crippen LogP contribution in [0.4, 0.5) is 0 Å². The zero-order valence-electron chi connectivity index (χ0n) is 9.08. The van der Waals surface area contributed by atoms with E-state index in [9.17, 15) is 4.79 Å². The first-order chi connectivity index (χ1) is 6.74. The van der Waals surface area contributed by atoms with Crippen molar-refractivity contribution in [1.82, 2.24) is 10.2 Å². The van der Waals surface area contributed by atoms with Crippen LogP contribution in [0.2, 0.25) is 0 Å². The minimum Gasteiger partial charge on any atom is -0.465 e. The van der Waals surface area contributed by atoms with Crippen molar-refractivity contribution >= 4 is 5.97 Å². The highest BCUT2D eigenvalue weighted by molar-refractivity contribution is 5.71. The van der Waals surface area contributed by atoms with Gasteiger partial charge in [-0.05, 0) is 26.8 Å². The van der Waals surface area contributed by atoms with E-state index >= 15 is 0 Å². The van der Waals surface area contributed by atoms with Crippen molar-refractivity contribution in [3.63, 3.8) is 0 Å². The van der Waals surface area contributed by atoms with E-state index in [4.69, 9.17) is 4.74 Å². The Morgan fingerprint density at radius 1 is 1.57 bits per heavy atom. The molecular weight excluding hydrogens is 180 g/mol. The van der Waals surface area contributed by atoms with E-state index in [0.29, 0.717) is 13.2 Å². The van der Waals surface area contributed by atoms with Gasteiger partial charge in [0.25, 0.3) is 0 Å². The van der Waals surface area contributed by atoms with E-state index in [-0.39, 0.29) is 5.97 Å². The summed E-state index contributed by atoms with van der Waals surface area (Å²) in [7, 11) is 2.13. The van der Waals surface area contributed by atoms with Crippen LogP contribution in [0, 0.1) is 0 Å². The Labute approximate surface area is 85.6 Å². The third kappa shape index (κ3) is 4.58.